The van der Waals surface area contributed by atoms with Crippen LogP contribution < -0.4 is 15.4 Å². The van der Waals surface area contributed by atoms with Gasteiger partial charge in [-0.15, -0.1) is 24.0 Å². The highest BCUT2D eigenvalue weighted by molar-refractivity contribution is 14.0. The van der Waals surface area contributed by atoms with Crippen LogP contribution in [0.2, 0.25) is 0 Å². The zero-order chi connectivity index (χ0) is 19.7. The van der Waals surface area contributed by atoms with Crippen LogP contribution in [0.5, 0.6) is 0 Å². The molecular weight excluding hydrogens is 493 g/mol. The lowest BCUT2D eigenvalue weighted by Crippen LogP contribution is -2.46. The van der Waals surface area contributed by atoms with Crippen molar-refractivity contribution in [3.8, 4) is 0 Å². The number of aliphatic imine (C=N–C) groups is 1. The van der Waals surface area contributed by atoms with Crippen LogP contribution in [0.4, 0.5) is 0 Å². The Labute approximate surface area is 186 Å². The predicted molar refractivity (Wildman–Crippen MR) is 124 cm³/mol. The molecule has 8 nitrogen and oxygen atoms in total. The molecule has 0 aromatic rings. The summed E-state index contributed by atoms with van der Waals surface area (Å²) in [7, 11) is -3.18. The first kappa shape index (κ1) is 25.4. The molecule has 28 heavy (non-hydrogen) atoms. The molecule has 1 saturated heterocycles. The number of carbonyl (C=O) groups is 1. The molecule has 1 aliphatic heterocycles. The lowest BCUT2D eigenvalue weighted by atomic mass is 9.88. The minimum atomic E-state index is -3.18. The number of hydrogen-bond donors (Lipinski definition) is 3. The van der Waals surface area contributed by atoms with E-state index in [9.17, 15) is 13.2 Å². The summed E-state index contributed by atoms with van der Waals surface area (Å²) in [6.07, 6.45) is 6.57. The zero-order valence-electron chi connectivity index (χ0n) is 17.1. The third kappa shape index (κ3) is 8.40. The Bertz CT molecular complexity index is 608. The van der Waals surface area contributed by atoms with Crippen LogP contribution in [0.15, 0.2) is 4.99 Å². The molecule has 0 spiro atoms. The standard InChI is InChI=1S/C18H35N5O3S.HI/c1-3-19-18(20-11-12-21-27(25,26)4-2)22-16-10-13-23(14-16)17(24)15-8-6-5-7-9-15;/h15-16,21H,3-14H2,1-2H3,(H2,19,20,22);1H. The molecule has 3 N–H and O–H groups in total. The van der Waals surface area contributed by atoms with Crippen LogP contribution in [-0.2, 0) is 14.8 Å². The maximum atomic E-state index is 12.7. The van der Waals surface area contributed by atoms with Gasteiger partial charge in [0.05, 0.1) is 12.3 Å². The number of guanidine groups is 1. The van der Waals surface area contributed by atoms with Gasteiger partial charge in [-0.2, -0.15) is 0 Å². The summed E-state index contributed by atoms with van der Waals surface area (Å²) in [4.78, 5) is 19.1. The molecule has 0 bridgehead atoms. The summed E-state index contributed by atoms with van der Waals surface area (Å²) in [6.45, 7) is 6.48. The minimum absolute atomic E-state index is 0. The molecule has 164 valence electrons. The maximum Gasteiger partial charge on any atom is 0.225 e. The first-order valence-corrected chi connectivity index (χ1v) is 11.9. The van der Waals surface area contributed by atoms with Crippen molar-refractivity contribution in [3.05, 3.63) is 0 Å². The highest BCUT2D eigenvalue weighted by atomic mass is 127. The second-order valence-corrected chi connectivity index (χ2v) is 9.40. The van der Waals surface area contributed by atoms with E-state index >= 15 is 0 Å². The highest BCUT2D eigenvalue weighted by Gasteiger charge is 2.31. The van der Waals surface area contributed by atoms with Gasteiger partial charge in [-0.3, -0.25) is 9.79 Å². The predicted octanol–water partition coefficient (Wildman–Crippen LogP) is 1.28. The van der Waals surface area contributed by atoms with Crippen molar-refractivity contribution in [1.29, 1.82) is 0 Å². The average Bonchev–Trinajstić information content (AvgIpc) is 3.14. The van der Waals surface area contributed by atoms with Crippen LogP contribution in [0.3, 0.4) is 0 Å². The van der Waals surface area contributed by atoms with E-state index in [4.69, 9.17) is 0 Å². The minimum Gasteiger partial charge on any atom is -0.357 e. The molecule has 0 aromatic carbocycles. The van der Waals surface area contributed by atoms with Gasteiger partial charge in [0.2, 0.25) is 15.9 Å². The summed E-state index contributed by atoms with van der Waals surface area (Å²) in [5, 5.41) is 6.57. The van der Waals surface area contributed by atoms with Gasteiger partial charge in [0.15, 0.2) is 5.96 Å². The second kappa shape index (κ2) is 12.8. The third-order valence-electron chi connectivity index (χ3n) is 5.22. The number of rotatable bonds is 8. The van der Waals surface area contributed by atoms with Gasteiger partial charge in [0, 0.05) is 38.1 Å². The SMILES string of the molecule is CCNC(=NCCNS(=O)(=O)CC)NC1CCN(C(=O)C2CCCCC2)C1.I. The van der Waals surface area contributed by atoms with E-state index < -0.39 is 10.0 Å². The van der Waals surface area contributed by atoms with E-state index in [0.29, 0.717) is 25.0 Å². The van der Waals surface area contributed by atoms with Crippen molar-refractivity contribution >= 4 is 45.9 Å². The number of nitrogens with one attached hydrogen (secondary N) is 3. The number of halogens is 1. The van der Waals surface area contributed by atoms with Crippen molar-refractivity contribution in [3.63, 3.8) is 0 Å². The fourth-order valence-corrected chi connectivity index (χ4v) is 4.28. The molecule has 1 heterocycles. The Morgan fingerprint density at radius 2 is 1.86 bits per heavy atom. The van der Waals surface area contributed by atoms with Crippen molar-refractivity contribution in [2.45, 2.75) is 58.4 Å². The van der Waals surface area contributed by atoms with Crippen molar-refractivity contribution < 1.29 is 13.2 Å². The summed E-state index contributed by atoms with van der Waals surface area (Å²) in [6, 6.07) is 0.183. The van der Waals surface area contributed by atoms with E-state index in [1.807, 2.05) is 11.8 Å². The van der Waals surface area contributed by atoms with Crippen molar-refractivity contribution in [1.82, 2.24) is 20.3 Å². The number of sulfonamides is 1. The molecule has 1 saturated carbocycles. The van der Waals surface area contributed by atoms with E-state index in [1.165, 1.54) is 19.3 Å². The van der Waals surface area contributed by atoms with Gasteiger partial charge in [-0.25, -0.2) is 13.1 Å². The van der Waals surface area contributed by atoms with Crippen molar-refractivity contribution in [2.24, 2.45) is 10.9 Å². The molecule has 1 aliphatic carbocycles. The second-order valence-electron chi connectivity index (χ2n) is 7.31. The Kier molecular flexibility index (Phi) is 11.7. The largest absolute Gasteiger partial charge is 0.357 e. The molecule has 2 aliphatic rings. The molecule has 1 atom stereocenters. The number of likely N-dealkylation sites (tertiary alicyclic amines) is 1. The topological polar surface area (TPSA) is 103 Å². The molecular formula is C18H36IN5O3S. The molecule has 0 aromatic heterocycles. The van der Waals surface area contributed by atoms with E-state index in [-0.39, 0.29) is 48.2 Å². The van der Waals surface area contributed by atoms with Gasteiger partial charge in [0.1, 0.15) is 0 Å². The van der Waals surface area contributed by atoms with Crippen LogP contribution in [0, 0.1) is 5.92 Å². The number of carbonyl (C=O) groups excluding carboxylic acids is 1. The first-order chi connectivity index (χ1) is 12.9. The molecule has 1 amide bonds. The third-order valence-corrected chi connectivity index (χ3v) is 6.63. The van der Waals surface area contributed by atoms with Gasteiger partial charge < -0.3 is 15.5 Å². The Morgan fingerprint density at radius 1 is 1.14 bits per heavy atom. The monoisotopic (exact) mass is 529 g/mol. The van der Waals surface area contributed by atoms with E-state index in [2.05, 4.69) is 20.3 Å². The quantitative estimate of drug-likeness (QED) is 0.190. The number of hydrogen-bond acceptors (Lipinski definition) is 4. The van der Waals surface area contributed by atoms with Crippen LogP contribution in [0.1, 0.15) is 52.4 Å². The fourth-order valence-electron chi connectivity index (χ4n) is 3.67. The maximum absolute atomic E-state index is 12.7. The number of amides is 1. The molecule has 2 fully saturated rings. The van der Waals surface area contributed by atoms with Crippen LogP contribution in [-0.4, -0.2) is 69.7 Å². The zero-order valence-corrected chi connectivity index (χ0v) is 20.2. The van der Waals surface area contributed by atoms with Gasteiger partial charge in [0.25, 0.3) is 0 Å². The molecule has 2 rings (SSSR count). The normalized spacial score (nSPS) is 21.3. The fraction of sp³-hybridized carbons (Fsp3) is 0.889. The Hall–Kier alpha value is -0.620. The van der Waals surface area contributed by atoms with Crippen LogP contribution >= 0.6 is 24.0 Å². The average molecular weight is 529 g/mol. The van der Waals surface area contributed by atoms with Gasteiger partial charge >= 0.3 is 0 Å². The van der Waals surface area contributed by atoms with Crippen LogP contribution in [0.25, 0.3) is 0 Å². The van der Waals surface area contributed by atoms with Crippen molar-refractivity contribution in [2.75, 3.05) is 38.5 Å². The Balaban J connectivity index is 0.00000392. The highest BCUT2D eigenvalue weighted by Crippen LogP contribution is 2.26. The lowest BCUT2D eigenvalue weighted by molar-refractivity contribution is -0.135. The number of nitrogens with zero attached hydrogens (tertiary/aromatic N) is 2. The van der Waals surface area contributed by atoms with Gasteiger partial charge in [-0.1, -0.05) is 19.3 Å². The smallest absolute Gasteiger partial charge is 0.225 e. The molecule has 1 unspecified atom stereocenters. The summed E-state index contributed by atoms with van der Waals surface area (Å²) < 4.78 is 25.4. The summed E-state index contributed by atoms with van der Waals surface area (Å²) in [5.74, 6) is 1.27. The summed E-state index contributed by atoms with van der Waals surface area (Å²) >= 11 is 0. The summed E-state index contributed by atoms with van der Waals surface area (Å²) in [5.41, 5.74) is 0. The van der Waals surface area contributed by atoms with E-state index in [1.54, 1.807) is 6.92 Å². The Morgan fingerprint density at radius 3 is 2.50 bits per heavy atom. The molecule has 0 radical (unpaired) electrons. The van der Waals surface area contributed by atoms with E-state index in [0.717, 1.165) is 32.4 Å². The lowest BCUT2D eigenvalue weighted by Gasteiger charge is -2.26. The first-order valence-electron chi connectivity index (χ1n) is 10.3. The van der Waals surface area contributed by atoms with Gasteiger partial charge in [-0.05, 0) is 33.1 Å². The molecule has 10 heteroatoms.